The molecule has 2 aromatic heterocycles. The van der Waals surface area contributed by atoms with Crippen LogP contribution in [0.5, 0.6) is 5.75 Å². The molecule has 0 radical (unpaired) electrons. The third-order valence-corrected chi connectivity index (χ3v) is 6.65. The van der Waals surface area contributed by atoms with Crippen molar-refractivity contribution in [2.24, 2.45) is 7.05 Å². The van der Waals surface area contributed by atoms with Crippen LogP contribution in [0.25, 0.3) is 44.3 Å². The molecule has 0 aliphatic heterocycles. The number of aryl methyl sites for hydroxylation is 3. The van der Waals surface area contributed by atoms with Crippen LogP contribution in [0.2, 0.25) is 0 Å². The predicted molar refractivity (Wildman–Crippen MR) is 131 cm³/mol. The summed E-state index contributed by atoms with van der Waals surface area (Å²) in [5.74, 6) is 0.824. The third kappa shape index (κ3) is 3.12. The summed E-state index contributed by atoms with van der Waals surface area (Å²) in [6.45, 7) is 4.27. The Morgan fingerprint density at radius 1 is 0.935 bits per heavy atom. The van der Waals surface area contributed by atoms with E-state index >= 15 is 0 Å². The largest absolute Gasteiger partial charge is 0.497 e. The average Bonchev–Trinajstić information content (AvgIpc) is 3.12. The highest BCUT2D eigenvalue weighted by atomic mass is 79.9. The minimum Gasteiger partial charge on any atom is -0.497 e. The number of hydrogen-bond donors (Lipinski definition) is 0. The minimum absolute atomic E-state index is 0.824. The van der Waals surface area contributed by atoms with E-state index < -0.39 is 0 Å². The van der Waals surface area contributed by atoms with Gasteiger partial charge in [0.05, 0.1) is 18.0 Å². The third-order valence-electron chi connectivity index (χ3n) is 5.96. The number of nitrogens with zero attached hydrogens (tertiary/aromatic N) is 3. The smallest absolute Gasteiger partial charge is 0.159 e. The lowest BCUT2D eigenvalue weighted by Crippen LogP contribution is -1.96. The lowest BCUT2D eigenvalue weighted by atomic mass is 9.93. The van der Waals surface area contributed by atoms with Crippen LogP contribution in [0, 0.1) is 13.8 Å². The molecular formula is C26H22BrN3O. The van der Waals surface area contributed by atoms with Gasteiger partial charge in [-0.05, 0) is 60.9 Å². The van der Waals surface area contributed by atoms with Crippen molar-refractivity contribution >= 4 is 37.9 Å². The Morgan fingerprint density at radius 3 is 2.39 bits per heavy atom. The molecule has 5 heteroatoms. The number of ether oxygens (including phenoxy) is 1. The normalized spacial score (nSPS) is 11.4. The zero-order valence-corrected chi connectivity index (χ0v) is 19.5. The van der Waals surface area contributed by atoms with Crippen molar-refractivity contribution in [1.29, 1.82) is 0 Å². The molecule has 0 N–H and O–H groups in total. The topological polar surface area (TPSA) is 39.9 Å². The van der Waals surface area contributed by atoms with Crippen LogP contribution in [0.15, 0.2) is 65.1 Å². The first-order valence-electron chi connectivity index (χ1n) is 10.2. The second-order valence-electron chi connectivity index (χ2n) is 7.77. The van der Waals surface area contributed by atoms with Crippen LogP contribution in [0.3, 0.4) is 0 Å². The van der Waals surface area contributed by atoms with Gasteiger partial charge in [-0.2, -0.15) is 5.10 Å². The minimum atomic E-state index is 0.824. The van der Waals surface area contributed by atoms with Crippen molar-refractivity contribution in [2.45, 2.75) is 13.8 Å². The number of hydrogen-bond acceptors (Lipinski definition) is 3. The summed E-state index contributed by atoms with van der Waals surface area (Å²) in [6, 6.07) is 20.7. The van der Waals surface area contributed by atoms with Gasteiger partial charge in [-0.15, -0.1) is 0 Å². The Morgan fingerprint density at radius 2 is 1.68 bits per heavy atom. The van der Waals surface area contributed by atoms with E-state index in [1.54, 1.807) is 7.11 Å². The number of halogens is 1. The van der Waals surface area contributed by atoms with Gasteiger partial charge in [0.15, 0.2) is 5.65 Å². The summed E-state index contributed by atoms with van der Waals surface area (Å²) < 4.78 is 8.28. The summed E-state index contributed by atoms with van der Waals surface area (Å²) >= 11 is 3.78. The summed E-state index contributed by atoms with van der Waals surface area (Å²) in [5, 5.41) is 7.09. The van der Waals surface area contributed by atoms with Crippen molar-refractivity contribution in [2.75, 3.05) is 7.11 Å². The van der Waals surface area contributed by atoms with E-state index in [1.807, 2.05) is 29.9 Å². The molecule has 0 fully saturated rings. The van der Waals surface area contributed by atoms with Gasteiger partial charge < -0.3 is 4.74 Å². The lowest BCUT2D eigenvalue weighted by Gasteiger charge is -2.14. The van der Waals surface area contributed by atoms with Crippen LogP contribution in [-0.4, -0.2) is 21.9 Å². The van der Waals surface area contributed by atoms with Gasteiger partial charge >= 0.3 is 0 Å². The molecule has 0 saturated carbocycles. The van der Waals surface area contributed by atoms with E-state index in [1.165, 1.54) is 11.1 Å². The zero-order valence-electron chi connectivity index (χ0n) is 17.9. The van der Waals surface area contributed by atoms with Crippen LogP contribution in [0.1, 0.15) is 11.1 Å². The molecule has 31 heavy (non-hydrogen) atoms. The lowest BCUT2D eigenvalue weighted by molar-refractivity contribution is 0.415. The number of rotatable bonds is 3. The summed E-state index contributed by atoms with van der Waals surface area (Å²) in [7, 11) is 3.64. The highest BCUT2D eigenvalue weighted by Gasteiger charge is 2.22. The number of fused-ring (bicyclic) bond motifs is 2. The standard InChI is InChI=1S/C26H22BrN3O/c1-15-9-14-20-22(19-7-5-6-8-21(19)27)23-25(17-10-12-18(31-4)13-11-17)29-30(3)26(23)28-24(20)16(15)2/h5-14H,1-4H3. The molecule has 0 aliphatic carbocycles. The maximum Gasteiger partial charge on any atom is 0.159 e. The Balaban J connectivity index is 1.97. The van der Waals surface area contributed by atoms with Crippen molar-refractivity contribution in [1.82, 2.24) is 14.8 Å². The molecule has 2 heterocycles. The molecule has 4 nitrogen and oxygen atoms in total. The van der Waals surface area contributed by atoms with Gasteiger partial charge in [-0.1, -0.05) is 46.3 Å². The Labute approximate surface area is 189 Å². The predicted octanol–water partition coefficient (Wildman–Crippen LogP) is 6.84. The van der Waals surface area contributed by atoms with Crippen LogP contribution in [0.4, 0.5) is 0 Å². The molecule has 0 aliphatic rings. The van der Waals surface area contributed by atoms with Crippen molar-refractivity contribution in [3.63, 3.8) is 0 Å². The maximum absolute atomic E-state index is 5.34. The zero-order chi connectivity index (χ0) is 21.7. The van der Waals surface area contributed by atoms with Gasteiger partial charge in [-0.25, -0.2) is 9.67 Å². The van der Waals surface area contributed by atoms with Crippen LogP contribution >= 0.6 is 15.9 Å². The molecule has 3 aromatic carbocycles. The summed E-state index contributed by atoms with van der Waals surface area (Å²) in [6.07, 6.45) is 0. The number of pyridine rings is 1. The highest BCUT2D eigenvalue weighted by Crippen LogP contribution is 2.43. The summed E-state index contributed by atoms with van der Waals surface area (Å²) in [4.78, 5) is 5.09. The first-order chi connectivity index (χ1) is 15.0. The molecule has 0 unspecified atom stereocenters. The summed E-state index contributed by atoms with van der Waals surface area (Å²) in [5.41, 5.74) is 8.54. The molecule has 154 valence electrons. The monoisotopic (exact) mass is 471 g/mol. The highest BCUT2D eigenvalue weighted by molar-refractivity contribution is 9.10. The first-order valence-corrected chi connectivity index (χ1v) is 10.9. The van der Waals surface area contributed by atoms with E-state index in [4.69, 9.17) is 14.8 Å². The van der Waals surface area contributed by atoms with E-state index in [2.05, 4.69) is 72.2 Å². The van der Waals surface area contributed by atoms with Crippen LogP contribution in [-0.2, 0) is 7.05 Å². The van der Waals surface area contributed by atoms with Gasteiger partial charge in [0.25, 0.3) is 0 Å². The fraction of sp³-hybridized carbons (Fsp3) is 0.154. The van der Waals surface area contributed by atoms with Crippen molar-refractivity contribution in [3.05, 3.63) is 76.3 Å². The van der Waals surface area contributed by atoms with Crippen LogP contribution < -0.4 is 4.74 Å². The number of benzene rings is 3. The number of aromatic nitrogens is 3. The molecule has 0 amide bonds. The van der Waals surface area contributed by atoms with E-state index in [9.17, 15) is 0 Å². The molecular weight excluding hydrogens is 450 g/mol. The Hall–Kier alpha value is -3.18. The van der Waals surface area contributed by atoms with Gasteiger partial charge in [0.1, 0.15) is 11.4 Å². The molecule has 0 atom stereocenters. The molecule has 0 bridgehead atoms. The molecule has 0 saturated heterocycles. The van der Waals surface area contributed by atoms with Gasteiger partial charge in [-0.3, -0.25) is 0 Å². The first kappa shape index (κ1) is 19.8. The van der Waals surface area contributed by atoms with Crippen molar-refractivity contribution in [3.8, 4) is 28.1 Å². The quantitative estimate of drug-likeness (QED) is 0.289. The van der Waals surface area contributed by atoms with E-state index in [-0.39, 0.29) is 0 Å². The maximum atomic E-state index is 5.34. The molecule has 5 aromatic rings. The number of methoxy groups -OCH3 is 1. The fourth-order valence-electron chi connectivity index (χ4n) is 4.16. The van der Waals surface area contributed by atoms with Gasteiger partial charge in [0.2, 0.25) is 0 Å². The van der Waals surface area contributed by atoms with Crippen molar-refractivity contribution < 1.29 is 4.74 Å². The SMILES string of the molecule is COc1ccc(-c2nn(C)c3nc4c(C)c(C)ccc4c(-c4ccccc4Br)c23)cc1. The average molecular weight is 472 g/mol. The molecule has 0 spiro atoms. The van der Waals surface area contributed by atoms with Gasteiger partial charge in [0, 0.05) is 28.0 Å². The fourth-order valence-corrected chi connectivity index (χ4v) is 4.64. The second-order valence-corrected chi connectivity index (χ2v) is 8.62. The van der Waals surface area contributed by atoms with E-state index in [0.717, 1.165) is 54.5 Å². The second kappa shape index (κ2) is 7.50. The van der Waals surface area contributed by atoms with E-state index in [0.29, 0.717) is 0 Å². The Kier molecular flexibility index (Phi) is 4.78. The Bertz CT molecular complexity index is 1450. The molecule has 5 rings (SSSR count).